The molecule has 0 aliphatic carbocycles. The lowest BCUT2D eigenvalue weighted by Crippen LogP contribution is -2.31. The summed E-state index contributed by atoms with van der Waals surface area (Å²) >= 11 is 1.67. The highest BCUT2D eigenvalue weighted by atomic mass is 32.2. The Morgan fingerprint density at radius 2 is 1.79 bits per heavy atom. The smallest absolute Gasteiger partial charge is 0.336 e. The summed E-state index contributed by atoms with van der Waals surface area (Å²) in [6.07, 6.45) is 0. The maximum Gasteiger partial charge on any atom is 0.336 e. The maximum atomic E-state index is 12.9. The lowest BCUT2D eigenvalue weighted by molar-refractivity contribution is 0.0676. The van der Waals surface area contributed by atoms with Crippen molar-refractivity contribution in [3.05, 3.63) is 65.2 Å². The van der Waals surface area contributed by atoms with Gasteiger partial charge in [0.25, 0.3) is 5.91 Å². The fraction of sp³-hybridized carbons (Fsp3) is 0.222. The van der Waals surface area contributed by atoms with E-state index >= 15 is 0 Å². The van der Waals surface area contributed by atoms with E-state index in [0.717, 1.165) is 17.1 Å². The molecule has 124 valence electrons. The zero-order chi connectivity index (χ0) is 17.1. The number of hydrogen-bond acceptors (Lipinski definition) is 4. The summed E-state index contributed by atoms with van der Waals surface area (Å²) in [7, 11) is 1.61. The van der Waals surface area contributed by atoms with Crippen LogP contribution in [0.4, 0.5) is 0 Å². The molecule has 0 aromatic heterocycles. The van der Waals surface area contributed by atoms with Crippen LogP contribution in [0.3, 0.4) is 0 Å². The molecule has 6 heteroatoms. The van der Waals surface area contributed by atoms with Crippen LogP contribution in [0.1, 0.15) is 31.7 Å². The highest BCUT2D eigenvalue weighted by Gasteiger charge is 2.32. The lowest BCUT2D eigenvalue weighted by Gasteiger charge is -2.25. The molecule has 2 aromatic rings. The molecule has 0 radical (unpaired) electrons. The van der Waals surface area contributed by atoms with Gasteiger partial charge in [-0.1, -0.05) is 24.3 Å². The van der Waals surface area contributed by atoms with E-state index in [9.17, 15) is 14.7 Å². The first-order valence-corrected chi connectivity index (χ1v) is 8.55. The van der Waals surface area contributed by atoms with Gasteiger partial charge in [0.05, 0.1) is 18.2 Å². The molecule has 24 heavy (non-hydrogen) atoms. The summed E-state index contributed by atoms with van der Waals surface area (Å²) in [5, 5.41) is 9.19. The highest BCUT2D eigenvalue weighted by Crippen LogP contribution is 2.39. The average Bonchev–Trinajstić information content (AvgIpc) is 3.10. The Labute approximate surface area is 144 Å². The Kier molecular flexibility index (Phi) is 4.76. The van der Waals surface area contributed by atoms with Crippen molar-refractivity contribution in [3.63, 3.8) is 0 Å². The molecule has 0 bridgehead atoms. The Morgan fingerprint density at radius 1 is 1.12 bits per heavy atom. The molecule has 0 saturated carbocycles. The first-order chi connectivity index (χ1) is 11.6. The molecule has 5 nitrogen and oxygen atoms in total. The van der Waals surface area contributed by atoms with Crippen LogP contribution in [0.2, 0.25) is 0 Å². The molecule has 1 atom stereocenters. The molecule has 1 saturated heterocycles. The van der Waals surface area contributed by atoms with Crippen molar-refractivity contribution < 1.29 is 19.4 Å². The molecule has 1 aliphatic heterocycles. The van der Waals surface area contributed by atoms with E-state index in [1.165, 1.54) is 6.07 Å². The fourth-order valence-electron chi connectivity index (χ4n) is 2.73. The van der Waals surface area contributed by atoms with E-state index < -0.39 is 5.97 Å². The molecule has 1 aliphatic rings. The fourth-order valence-corrected chi connectivity index (χ4v) is 3.99. The van der Waals surface area contributed by atoms with Crippen LogP contribution in [0.5, 0.6) is 5.75 Å². The quantitative estimate of drug-likeness (QED) is 0.923. The van der Waals surface area contributed by atoms with E-state index in [-0.39, 0.29) is 22.4 Å². The van der Waals surface area contributed by atoms with Gasteiger partial charge in [-0.05, 0) is 29.8 Å². The van der Waals surface area contributed by atoms with Crippen LogP contribution in [0.15, 0.2) is 48.5 Å². The number of carboxylic acid groups (broad SMARTS) is 1. The molecule has 2 aromatic carbocycles. The van der Waals surface area contributed by atoms with Gasteiger partial charge in [-0.3, -0.25) is 4.79 Å². The number of thioether (sulfide) groups is 1. The SMILES string of the molecule is COc1ccc([C@H]2SCCN2C(=O)c2ccccc2C(=O)O)cc1. The molecule has 1 fully saturated rings. The third-order valence-electron chi connectivity index (χ3n) is 3.94. The van der Waals surface area contributed by atoms with Crippen LogP contribution in [0.25, 0.3) is 0 Å². The lowest BCUT2D eigenvalue weighted by atomic mass is 10.1. The van der Waals surface area contributed by atoms with Crippen molar-refractivity contribution in [1.82, 2.24) is 4.90 Å². The Morgan fingerprint density at radius 3 is 2.42 bits per heavy atom. The summed E-state index contributed by atoms with van der Waals surface area (Å²) in [5.74, 6) is 0.235. The largest absolute Gasteiger partial charge is 0.497 e. The molecule has 1 amide bonds. The van der Waals surface area contributed by atoms with Crippen LogP contribution < -0.4 is 4.74 Å². The standard InChI is InChI=1S/C18H17NO4S/c1-23-13-8-6-12(7-9-13)17-19(10-11-24-17)16(20)14-4-2-3-5-15(14)18(21)22/h2-9,17H,10-11H2,1H3,(H,21,22)/t17-/m1/s1. The number of carbonyl (C=O) groups excluding carboxylic acids is 1. The van der Waals surface area contributed by atoms with Crippen LogP contribution in [-0.4, -0.2) is 41.3 Å². The molecule has 3 rings (SSSR count). The average molecular weight is 343 g/mol. The molecule has 1 N–H and O–H groups in total. The van der Waals surface area contributed by atoms with Crippen molar-refractivity contribution in [3.8, 4) is 5.75 Å². The third kappa shape index (κ3) is 3.10. The van der Waals surface area contributed by atoms with Gasteiger partial charge in [0.15, 0.2) is 0 Å². The van der Waals surface area contributed by atoms with Gasteiger partial charge < -0.3 is 14.7 Å². The second kappa shape index (κ2) is 6.97. The summed E-state index contributed by atoms with van der Waals surface area (Å²) < 4.78 is 5.16. The minimum Gasteiger partial charge on any atom is -0.497 e. The maximum absolute atomic E-state index is 12.9. The number of aromatic carboxylic acids is 1. The summed E-state index contributed by atoms with van der Waals surface area (Å²) in [4.78, 5) is 26.0. The van der Waals surface area contributed by atoms with E-state index in [1.807, 2.05) is 24.3 Å². The van der Waals surface area contributed by atoms with Gasteiger partial charge in [0, 0.05) is 12.3 Å². The minimum atomic E-state index is -1.09. The van der Waals surface area contributed by atoms with E-state index in [4.69, 9.17) is 4.74 Å². The summed E-state index contributed by atoms with van der Waals surface area (Å²) in [6.45, 7) is 0.591. The van der Waals surface area contributed by atoms with E-state index in [1.54, 1.807) is 42.0 Å². The zero-order valence-electron chi connectivity index (χ0n) is 13.1. The summed E-state index contributed by atoms with van der Waals surface area (Å²) in [5.41, 5.74) is 1.26. The summed E-state index contributed by atoms with van der Waals surface area (Å²) in [6, 6.07) is 13.9. The van der Waals surface area contributed by atoms with Gasteiger partial charge in [-0.2, -0.15) is 0 Å². The van der Waals surface area contributed by atoms with Crippen molar-refractivity contribution in [1.29, 1.82) is 0 Å². The number of ether oxygens (including phenoxy) is 1. The number of carboxylic acids is 1. The van der Waals surface area contributed by atoms with Gasteiger partial charge in [-0.25, -0.2) is 4.79 Å². The zero-order valence-corrected chi connectivity index (χ0v) is 14.0. The van der Waals surface area contributed by atoms with Crippen molar-refractivity contribution in [2.45, 2.75) is 5.37 Å². The molecule has 0 spiro atoms. The number of carbonyl (C=O) groups is 2. The molecule has 0 unspecified atom stereocenters. The second-order valence-corrected chi connectivity index (χ2v) is 6.53. The van der Waals surface area contributed by atoms with Gasteiger partial charge in [0.2, 0.25) is 0 Å². The highest BCUT2D eigenvalue weighted by molar-refractivity contribution is 7.99. The van der Waals surface area contributed by atoms with Crippen molar-refractivity contribution in [2.75, 3.05) is 19.4 Å². The first kappa shape index (κ1) is 16.4. The number of methoxy groups -OCH3 is 1. The topological polar surface area (TPSA) is 66.8 Å². The van der Waals surface area contributed by atoms with Crippen LogP contribution in [-0.2, 0) is 0 Å². The second-order valence-electron chi connectivity index (χ2n) is 5.35. The first-order valence-electron chi connectivity index (χ1n) is 7.50. The number of benzene rings is 2. The normalized spacial score (nSPS) is 16.9. The Bertz CT molecular complexity index is 760. The molecular formula is C18H17NO4S. The van der Waals surface area contributed by atoms with Crippen molar-refractivity contribution >= 4 is 23.6 Å². The predicted molar refractivity (Wildman–Crippen MR) is 92.6 cm³/mol. The Balaban J connectivity index is 1.90. The predicted octanol–water partition coefficient (Wildman–Crippen LogP) is 3.28. The van der Waals surface area contributed by atoms with Gasteiger partial charge in [-0.15, -0.1) is 11.8 Å². The number of nitrogens with zero attached hydrogens (tertiary/aromatic N) is 1. The monoisotopic (exact) mass is 343 g/mol. The number of amides is 1. The minimum absolute atomic E-state index is 0.0351. The molecule has 1 heterocycles. The van der Waals surface area contributed by atoms with E-state index in [2.05, 4.69) is 0 Å². The van der Waals surface area contributed by atoms with Gasteiger partial charge >= 0.3 is 5.97 Å². The number of hydrogen-bond donors (Lipinski definition) is 1. The van der Waals surface area contributed by atoms with Gasteiger partial charge in [0.1, 0.15) is 11.1 Å². The molecular weight excluding hydrogens is 326 g/mol. The Hall–Kier alpha value is -2.47. The van der Waals surface area contributed by atoms with Crippen LogP contribution in [0, 0.1) is 0 Å². The third-order valence-corrected chi connectivity index (χ3v) is 5.20. The van der Waals surface area contributed by atoms with E-state index in [0.29, 0.717) is 6.54 Å². The van der Waals surface area contributed by atoms with Crippen molar-refractivity contribution in [2.24, 2.45) is 0 Å². The van der Waals surface area contributed by atoms with Crippen LogP contribution >= 0.6 is 11.8 Å². The number of rotatable bonds is 4.